The molecule has 0 spiro atoms. The van der Waals surface area contributed by atoms with E-state index in [1.807, 2.05) is 18.3 Å². The minimum absolute atomic E-state index is 0.444. The van der Waals surface area contributed by atoms with Crippen LogP contribution < -0.4 is 4.90 Å². The molecule has 4 nitrogen and oxygen atoms in total. The Kier molecular flexibility index (Phi) is 6.09. The van der Waals surface area contributed by atoms with Crippen molar-refractivity contribution < 1.29 is 9.84 Å². The van der Waals surface area contributed by atoms with Crippen molar-refractivity contribution in [3.8, 4) is 0 Å². The van der Waals surface area contributed by atoms with Gasteiger partial charge in [0.1, 0.15) is 0 Å². The Hall–Kier alpha value is -1.13. The van der Waals surface area contributed by atoms with Crippen molar-refractivity contribution in [2.45, 2.75) is 39.3 Å². The zero-order valence-electron chi connectivity index (χ0n) is 11.8. The molecule has 0 aliphatic rings. The fourth-order valence-corrected chi connectivity index (χ4v) is 1.83. The third kappa shape index (κ3) is 3.96. The van der Waals surface area contributed by atoms with Crippen molar-refractivity contribution in [3.05, 3.63) is 24.0 Å². The van der Waals surface area contributed by atoms with Gasteiger partial charge in [0.15, 0.2) is 0 Å². The Bertz CT molecular complexity index is 338. The first kappa shape index (κ1) is 14.9. The number of pyridine rings is 1. The Morgan fingerprint density at radius 1 is 1.39 bits per heavy atom. The summed E-state index contributed by atoms with van der Waals surface area (Å²) in [7, 11) is 1.71. The lowest BCUT2D eigenvalue weighted by Crippen LogP contribution is -2.35. The number of rotatable bonds is 7. The molecule has 1 rings (SSSR count). The molecule has 0 saturated carbocycles. The number of hydrogen-bond donors (Lipinski definition) is 1. The summed E-state index contributed by atoms with van der Waals surface area (Å²) in [5, 5.41) is 9.45. The van der Waals surface area contributed by atoms with Gasteiger partial charge in [-0.2, -0.15) is 0 Å². The quantitative estimate of drug-likeness (QED) is 0.809. The van der Waals surface area contributed by atoms with Crippen LogP contribution in [0.4, 0.5) is 5.69 Å². The Morgan fingerprint density at radius 3 is 2.56 bits per heavy atom. The van der Waals surface area contributed by atoms with Gasteiger partial charge in [0.05, 0.1) is 30.3 Å². The van der Waals surface area contributed by atoms with Crippen LogP contribution in [0.2, 0.25) is 0 Å². The second kappa shape index (κ2) is 7.34. The van der Waals surface area contributed by atoms with E-state index < -0.39 is 6.10 Å². The second-order valence-corrected chi connectivity index (χ2v) is 4.56. The first-order chi connectivity index (χ1) is 8.60. The summed E-state index contributed by atoms with van der Waals surface area (Å²) >= 11 is 0. The van der Waals surface area contributed by atoms with Crippen LogP contribution in [0.5, 0.6) is 0 Å². The molecule has 0 amide bonds. The molecule has 2 unspecified atom stereocenters. The number of hydrogen-bond acceptors (Lipinski definition) is 4. The monoisotopic (exact) mass is 252 g/mol. The summed E-state index contributed by atoms with van der Waals surface area (Å²) in [6.07, 6.45) is 2.38. The summed E-state index contributed by atoms with van der Waals surface area (Å²) in [4.78, 5) is 6.57. The Labute approximate surface area is 110 Å². The summed E-state index contributed by atoms with van der Waals surface area (Å²) in [6, 6.07) is 4.33. The van der Waals surface area contributed by atoms with E-state index in [0.29, 0.717) is 18.3 Å². The third-order valence-corrected chi connectivity index (χ3v) is 3.19. The molecule has 102 valence electrons. The van der Waals surface area contributed by atoms with Gasteiger partial charge in [-0.1, -0.05) is 6.92 Å². The molecule has 2 atom stereocenters. The van der Waals surface area contributed by atoms with Crippen molar-refractivity contribution >= 4 is 5.69 Å². The van der Waals surface area contributed by atoms with Crippen molar-refractivity contribution in [2.75, 3.05) is 25.2 Å². The standard InChI is InChI=1S/C14H24N2O2/c1-5-11(2)16(8-9-18-4)13-6-7-14(12(3)17)15-10-13/h6-7,10-12,17H,5,8-9H2,1-4H3. The molecular formula is C14H24N2O2. The van der Waals surface area contributed by atoms with Crippen molar-refractivity contribution in [1.82, 2.24) is 4.98 Å². The highest BCUT2D eigenvalue weighted by atomic mass is 16.5. The number of methoxy groups -OCH3 is 1. The molecule has 0 radical (unpaired) electrons. The summed E-state index contributed by atoms with van der Waals surface area (Å²) < 4.78 is 5.15. The predicted octanol–water partition coefficient (Wildman–Crippen LogP) is 2.39. The van der Waals surface area contributed by atoms with Gasteiger partial charge in [-0.15, -0.1) is 0 Å². The van der Waals surface area contributed by atoms with Crippen LogP contribution in [-0.2, 0) is 4.74 Å². The van der Waals surface area contributed by atoms with Gasteiger partial charge in [0.2, 0.25) is 0 Å². The maximum absolute atomic E-state index is 9.45. The average molecular weight is 252 g/mol. The van der Waals surface area contributed by atoms with Crippen LogP contribution >= 0.6 is 0 Å². The van der Waals surface area contributed by atoms with Crippen LogP contribution in [-0.4, -0.2) is 36.4 Å². The highest BCUT2D eigenvalue weighted by molar-refractivity contribution is 5.45. The highest BCUT2D eigenvalue weighted by Crippen LogP contribution is 2.19. The van der Waals surface area contributed by atoms with Gasteiger partial charge in [-0.3, -0.25) is 4.98 Å². The molecule has 18 heavy (non-hydrogen) atoms. The normalized spacial score (nSPS) is 14.3. The van der Waals surface area contributed by atoms with Crippen LogP contribution in [0, 0.1) is 0 Å². The molecule has 1 N–H and O–H groups in total. The number of anilines is 1. The molecule has 1 aromatic heterocycles. The zero-order valence-corrected chi connectivity index (χ0v) is 11.8. The number of aliphatic hydroxyl groups excluding tert-OH is 1. The molecule has 0 aromatic carbocycles. The molecule has 1 heterocycles. The minimum Gasteiger partial charge on any atom is -0.387 e. The van der Waals surface area contributed by atoms with Gasteiger partial charge in [-0.05, 0) is 32.4 Å². The molecule has 4 heteroatoms. The molecule has 0 fully saturated rings. The highest BCUT2D eigenvalue weighted by Gasteiger charge is 2.13. The van der Waals surface area contributed by atoms with Crippen molar-refractivity contribution in [3.63, 3.8) is 0 Å². The topological polar surface area (TPSA) is 45.6 Å². The number of aliphatic hydroxyl groups is 1. The lowest BCUT2D eigenvalue weighted by molar-refractivity contribution is 0.194. The lowest BCUT2D eigenvalue weighted by Gasteiger charge is -2.30. The fourth-order valence-electron chi connectivity index (χ4n) is 1.83. The number of ether oxygens (including phenoxy) is 1. The second-order valence-electron chi connectivity index (χ2n) is 4.56. The van der Waals surface area contributed by atoms with E-state index in [2.05, 4.69) is 23.7 Å². The first-order valence-corrected chi connectivity index (χ1v) is 6.49. The smallest absolute Gasteiger partial charge is 0.0931 e. The summed E-state index contributed by atoms with van der Waals surface area (Å²) in [6.45, 7) is 7.63. The minimum atomic E-state index is -0.518. The van der Waals surface area contributed by atoms with E-state index in [9.17, 15) is 5.11 Å². The molecule has 0 bridgehead atoms. The van der Waals surface area contributed by atoms with E-state index in [1.165, 1.54) is 0 Å². The molecule has 1 aromatic rings. The zero-order chi connectivity index (χ0) is 13.5. The van der Waals surface area contributed by atoms with Gasteiger partial charge >= 0.3 is 0 Å². The Morgan fingerprint density at radius 2 is 2.11 bits per heavy atom. The molecular weight excluding hydrogens is 228 g/mol. The predicted molar refractivity (Wildman–Crippen MR) is 73.8 cm³/mol. The van der Waals surface area contributed by atoms with Gasteiger partial charge < -0.3 is 14.7 Å². The van der Waals surface area contributed by atoms with Crippen LogP contribution in [0.1, 0.15) is 39.0 Å². The molecule has 0 aliphatic carbocycles. The average Bonchev–Trinajstić information content (AvgIpc) is 2.39. The van der Waals surface area contributed by atoms with Crippen molar-refractivity contribution in [1.29, 1.82) is 0 Å². The van der Waals surface area contributed by atoms with E-state index in [4.69, 9.17) is 4.74 Å². The molecule has 0 saturated heterocycles. The fraction of sp³-hybridized carbons (Fsp3) is 0.643. The number of aromatic nitrogens is 1. The van der Waals surface area contributed by atoms with Crippen LogP contribution in [0.25, 0.3) is 0 Å². The van der Waals surface area contributed by atoms with E-state index in [1.54, 1.807) is 14.0 Å². The summed E-state index contributed by atoms with van der Waals surface area (Å²) in [5.41, 5.74) is 1.78. The first-order valence-electron chi connectivity index (χ1n) is 6.49. The van der Waals surface area contributed by atoms with Gasteiger partial charge in [0, 0.05) is 19.7 Å². The van der Waals surface area contributed by atoms with E-state index in [0.717, 1.165) is 18.7 Å². The molecule has 0 aliphatic heterocycles. The van der Waals surface area contributed by atoms with E-state index >= 15 is 0 Å². The van der Waals surface area contributed by atoms with Crippen LogP contribution in [0.15, 0.2) is 18.3 Å². The summed E-state index contributed by atoms with van der Waals surface area (Å²) in [5.74, 6) is 0. The maximum atomic E-state index is 9.45. The SMILES string of the molecule is CCC(C)N(CCOC)c1ccc(C(C)O)nc1. The maximum Gasteiger partial charge on any atom is 0.0931 e. The van der Waals surface area contributed by atoms with E-state index in [-0.39, 0.29) is 0 Å². The van der Waals surface area contributed by atoms with Gasteiger partial charge in [0.25, 0.3) is 0 Å². The number of nitrogens with zero attached hydrogens (tertiary/aromatic N) is 2. The van der Waals surface area contributed by atoms with Crippen molar-refractivity contribution in [2.24, 2.45) is 0 Å². The van der Waals surface area contributed by atoms with Crippen LogP contribution in [0.3, 0.4) is 0 Å². The third-order valence-electron chi connectivity index (χ3n) is 3.19. The Balaban J connectivity index is 2.83. The lowest BCUT2D eigenvalue weighted by atomic mass is 10.2. The largest absolute Gasteiger partial charge is 0.387 e. The van der Waals surface area contributed by atoms with Gasteiger partial charge in [-0.25, -0.2) is 0 Å².